The predicted molar refractivity (Wildman–Crippen MR) is 95.0 cm³/mol. The third-order valence-electron chi connectivity index (χ3n) is 8.30. The number of allylic oxidation sites excluding steroid dienone is 4. The molecular weight excluding hydrogens is 266 g/mol. The Labute approximate surface area is 137 Å². The van der Waals surface area contributed by atoms with Gasteiger partial charge in [-0.25, -0.2) is 0 Å². The lowest BCUT2D eigenvalue weighted by Gasteiger charge is -2.57. The number of rotatable bonds is 1. The number of hydrogen-bond donors (Lipinski definition) is 1. The van der Waals surface area contributed by atoms with Gasteiger partial charge in [-0.15, -0.1) is 0 Å². The predicted octanol–water partition coefficient (Wildman–Crippen LogP) is 6.30. The molecule has 0 aromatic heterocycles. The first-order valence-corrected chi connectivity index (χ1v) is 9.47. The molecule has 0 saturated heterocycles. The van der Waals surface area contributed by atoms with Gasteiger partial charge >= 0.3 is 0 Å². The van der Waals surface area contributed by atoms with Crippen molar-refractivity contribution in [3.63, 3.8) is 0 Å². The smallest absolute Gasteiger partial charge is 0.00936 e. The topological polar surface area (TPSA) is 35.0 Å². The monoisotopic (exact) mass is 301 g/mol. The van der Waals surface area contributed by atoms with Crippen LogP contribution in [0.2, 0.25) is 0 Å². The Hall–Kier alpha value is -0.560. The van der Waals surface area contributed by atoms with Crippen molar-refractivity contribution in [2.24, 2.45) is 34.5 Å². The van der Waals surface area contributed by atoms with Crippen molar-refractivity contribution >= 4 is 0 Å². The Balaban J connectivity index is 0.00000144. The first-order chi connectivity index (χ1) is 10.1. The van der Waals surface area contributed by atoms with Crippen molar-refractivity contribution in [3.8, 4) is 0 Å². The third-order valence-corrected chi connectivity index (χ3v) is 8.30. The van der Waals surface area contributed by atoms with Crippen molar-refractivity contribution in [2.75, 3.05) is 0 Å². The molecule has 4 rings (SSSR count). The zero-order valence-electron chi connectivity index (χ0n) is 14.9. The second-order valence-electron chi connectivity index (χ2n) is 8.79. The molecule has 0 amide bonds. The lowest BCUT2D eigenvalue weighted by molar-refractivity contribution is -0.0341. The van der Waals surface area contributed by atoms with Crippen molar-refractivity contribution in [1.29, 1.82) is 0 Å². The summed E-state index contributed by atoms with van der Waals surface area (Å²) in [6.45, 7) is 7.64. The molecule has 6 atom stereocenters. The van der Waals surface area contributed by atoms with Crippen LogP contribution in [-0.2, 0) is 0 Å². The van der Waals surface area contributed by atoms with E-state index < -0.39 is 0 Å². The molecule has 22 heavy (non-hydrogen) atoms. The lowest BCUT2D eigenvalue weighted by atomic mass is 9.48. The van der Waals surface area contributed by atoms with E-state index in [2.05, 4.69) is 39.0 Å². The minimum Gasteiger partial charge on any atom is -0.344 e. The van der Waals surface area contributed by atoms with Crippen LogP contribution < -0.4 is 6.15 Å². The van der Waals surface area contributed by atoms with Gasteiger partial charge in [0.25, 0.3) is 0 Å². The van der Waals surface area contributed by atoms with E-state index in [9.17, 15) is 0 Å². The van der Waals surface area contributed by atoms with Gasteiger partial charge < -0.3 is 6.15 Å². The van der Waals surface area contributed by atoms with Gasteiger partial charge in [0.2, 0.25) is 0 Å². The molecule has 1 heteroatoms. The fourth-order valence-corrected chi connectivity index (χ4v) is 7.12. The summed E-state index contributed by atoms with van der Waals surface area (Å²) in [7, 11) is 0. The average molecular weight is 302 g/mol. The SMILES string of the molecule is CC[C@H]1CC[C@H]2[C@@H]3CCC4=CCC=C[C@]4(C)[C@H]3CC[C@]12C.N. The molecule has 0 aromatic rings. The van der Waals surface area contributed by atoms with Gasteiger partial charge in [-0.1, -0.05) is 51.0 Å². The lowest BCUT2D eigenvalue weighted by Crippen LogP contribution is -2.49. The van der Waals surface area contributed by atoms with Crippen LogP contribution >= 0.6 is 0 Å². The summed E-state index contributed by atoms with van der Waals surface area (Å²) in [6, 6.07) is 0. The molecule has 0 unspecified atom stereocenters. The Morgan fingerprint density at radius 2 is 1.91 bits per heavy atom. The highest BCUT2D eigenvalue weighted by Gasteiger charge is 2.57. The van der Waals surface area contributed by atoms with Crippen LogP contribution in [-0.4, -0.2) is 0 Å². The van der Waals surface area contributed by atoms with Crippen molar-refractivity contribution in [2.45, 2.75) is 72.1 Å². The first kappa shape index (κ1) is 16.3. The molecule has 1 nitrogen and oxygen atoms in total. The first-order valence-electron chi connectivity index (χ1n) is 9.47. The molecule has 3 fully saturated rings. The van der Waals surface area contributed by atoms with Crippen LogP contribution in [0.25, 0.3) is 0 Å². The van der Waals surface area contributed by atoms with E-state index in [-0.39, 0.29) is 6.15 Å². The second-order valence-corrected chi connectivity index (χ2v) is 8.79. The molecule has 0 bridgehead atoms. The fraction of sp³-hybridized carbons (Fsp3) is 0.810. The highest BCUT2D eigenvalue weighted by atomic mass is 14.6. The van der Waals surface area contributed by atoms with Crippen molar-refractivity contribution in [3.05, 3.63) is 23.8 Å². The molecule has 3 saturated carbocycles. The summed E-state index contributed by atoms with van der Waals surface area (Å²) in [5, 5.41) is 0. The van der Waals surface area contributed by atoms with E-state index in [1.165, 1.54) is 51.4 Å². The van der Waals surface area contributed by atoms with E-state index in [4.69, 9.17) is 0 Å². The van der Waals surface area contributed by atoms with E-state index in [0.717, 1.165) is 23.7 Å². The van der Waals surface area contributed by atoms with E-state index in [1.54, 1.807) is 5.57 Å². The van der Waals surface area contributed by atoms with E-state index in [1.807, 2.05) is 0 Å². The van der Waals surface area contributed by atoms with Gasteiger partial charge in [0.1, 0.15) is 0 Å². The van der Waals surface area contributed by atoms with Gasteiger partial charge in [0.05, 0.1) is 0 Å². The molecular formula is C21H35N. The Bertz CT molecular complexity index is 490. The highest BCUT2D eigenvalue weighted by Crippen LogP contribution is 2.66. The minimum absolute atomic E-state index is 0. The second kappa shape index (κ2) is 5.51. The van der Waals surface area contributed by atoms with Gasteiger partial charge in [0, 0.05) is 5.41 Å². The molecule has 4 aliphatic rings. The van der Waals surface area contributed by atoms with Crippen molar-refractivity contribution in [1.82, 2.24) is 6.15 Å². The average Bonchev–Trinajstić information content (AvgIpc) is 2.83. The molecule has 0 aliphatic heterocycles. The van der Waals surface area contributed by atoms with Crippen LogP contribution in [0.3, 0.4) is 0 Å². The zero-order valence-corrected chi connectivity index (χ0v) is 14.9. The molecule has 0 aromatic carbocycles. The summed E-state index contributed by atoms with van der Waals surface area (Å²) in [5.74, 6) is 3.97. The summed E-state index contributed by atoms with van der Waals surface area (Å²) >= 11 is 0. The highest BCUT2D eigenvalue weighted by molar-refractivity contribution is 5.31. The summed E-state index contributed by atoms with van der Waals surface area (Å²) in [6.07, 6.45) is 19.0. The van der Waals surface area contributed by atoms with Crippen LogP contribution in [0.1, 0.15) is 72.1 Å². The van der Waals surface area contributed by atoms with Gasteiger partial charge in [-0.3, -0.25) is 0 Å². The number of hydrogen-bond acceptors (Lipinski definition) is 1. The Morgan fingerprint density at radius 3 is 2.68 bits per heavy atom. The van der Waals surface area contributed by atoms with E-state index in [0.29, 0.717) is 10.8 Å². The van der Waals surface area contributed by atoms with E-state index >= 15 is 0 Å². The quantitative estimate of drug-likeness (QED) is 0.566. The van der Waals surface area contributed by atoms with Gasteiger partial charge in [-0.05, 0) is 74.0 Å². The molecule has 0 spiro atoms. The molecule has 0 heterocycles. The van der Waals surface area contributed by atoms with Crippen LogP contribution in [0.4, 0.5) is 0 Å². The maximum atomic E-state index is 2.65. The fourth-order valence-electron chi connectivity index (χ4n) is 7.12. The molecule has 124 valence electrons. The third kappa shape index (κ3) is 2.00. The van der Waals surface area contributed by atoms with Crippen LogP contribution in [0, 0.1) is 34.5 Å². The van der Waals surface area contributed by atoms with Gasteiger partial charge in [0.15, 0.2) is 0 Å². The van der Waals surface area contributed by atoms with Gasteiger partial charge in [-0.2, -0.15) is 0 Å². The molecule has 4 aliphatic carbocycles. The van der Waals surface area contributed by atoms with Crippen LogP contribution in [0.5, 0.6) is 0 Å². The largest absolute Gasteiger partial charge is 0.344 e. The summed E-state index contributed by atoms with van der Waals surface area (Å²) in [5.41, 5.74) is 2.86. The Kier molecular flexibility index (Phi) is 4.08. The summed E-state index contributed by atoms with van der Waals surface area (Å²) in [4.78, 5) is 0. The number of fused-ring (bicyclic) bond motifs is 5. The Morgan fingerprint density at radius 1 is 1.09 bits per heavy atom. The standard InChI is InChI=1S/C21H32.H3N/c1-4-15-9-11-18-17-10-8-16-7-5-6-13-20(16,2)19(17)12-14-21(15,18)3;/h6-7,13,15,17-19H,4-5,8-12,14H2,1-3H3;1H3/t15-,17-,18-,19-,20-,21+;/m0./s1. The van der Waals surface area contributed by atoms with Crippen molar-refractivity contribution < 1.29 is 0 Å². The van der Waals surface area contributed by atoms with Crippen LogP contribution in [0.15, 0.2) is 23.8 Å². The molecule has 3 N–H and O–H groups in total. The molecule has 0 radical (unpaired) electrons. The summed E-state index contributed by atoms with van der Waals surface area (Å²) < 4.78 is 0. The maximum absolute atomic E-state index is 2.65. The normalized spacial score (nSPS) is 49.5. The zero-order chi connectivity index (χ0) is 14.7. The maximum Gasteiger partial charge on any atom is 0.00936 e. The minimum atomic E-state index is 0.